The largest absolute Gasteiger partial charge is 0.369 e. The standard InChI is InChI=1S/C50H69NO4/c1-2-3-4-5-6-7-8-9-10-11-12-13-14-15-28-37-51-38-47(52-39-43-29-20-16-21-30-43)48(53-40-44-31-22-17-23-32-44)49(54-41-45-33-24-18-25-34-45)50(51)55-42-46-35-26-19-27-36-46/h16-27,29-36,47-50H,2-15,28,37-42H2,1H3/t47-,48+,49-,50+/m0/s1. The Bertz CT molecular complexity index is 1490. The third kappa shape index (κ3) is 16.4. The maximum absolute atomic E-state index is 6.94. The highest BCUT2D eigenvalue weighted by atomic mass is 16.6. The average Bonchev–Trinajstić information content (AvgIpc) is 3.24. The van der Waals surface area contributed by atoms with E-state index >= 15 is 0 Å². The number of hydrogen-bond acceptors (Lipinski definition) is 5. The fraction of sp³-hybridized carbons (Fsp3) is 0.520. The molecule has 5 heteroatoms. The number of hydrogen-bond donors (Lipinski definition) is 0. The van der Waals surface area contributed by atoms with Crippen LogP contribution in [0.5, 0.6) is 0 Å². The summed E-state index contributed by atoms with van der Waals surface area (Å²) in [5, 5.41) is 0. The highest BCUT2D eigenvalue weighted by Crippen LogP contribution is 2.30. The molecule has 0 bridgehead atoms. The number of piperidine rings is 1. The molecule has 55 heavy (non-hydrogen) atoms. The third-order valence-corrected chi connectivity index (χ3v) is 10.9. The molecule has 4 aromatic carbocycles. The minimum atomic E-state index is -0.363. The van der Waals surface area contributed by atoms with Gasteiger partial charge in [0.15, 0.2) is 0 Å². The first-order valence-corrected chi connectivity index (χ1v) is 21.7. The van der Waals surface area contributed by atoms with Gasteiger partial charge in [-0.1, -0.05) is 218 Å². The fourth-order valence-electron chi connectivity index (χ4n) is 7.72. The van der Waals surface area contributed by atoms with E-state index in [1.54, 1.807) is 0 Å². The second kappa shape index (κ2) is 26.5. The van der Waals surface area contributed by atoms with Gasteiger partial charge < -0.3 is 18.9 Å². The van der Waals surface area contributed by atoms with Crippen LogP contribution in [0.15, 0.2) is 121 Å². The topological polar surface area (TPSA) is 40.2 Å². The van der Waals surface area contributed by atoms with E-state index in [0.717, 1.165) is 41.8 Å². The van der Waals surface area contributed by atoms with E-state index in [2.05, 4.69) is 121 Å². The Kier molecular flexibility index (Phi) is 20.6. The van der Waals surface area contributed by atoms with Crippen molar-refractivity contribution in [3.05, 3.63) is 144 Å². The van der Waals surface area contributed by atoms with Gasteiger partial charge in [0.05, 0.1) is 32.5 Å². The van der Waals surface area contributed by atoms with Gasteiger partial charge in [-0.05, 0) is 28.7 Å². The molecule has 0 aromatic heterocycles. The number of unbranched alkanes of at least 4 members (excludes halogenated alkanes) is 14. The molecule has 1 aliphatic rings. The van der Waals surface area contributed by atoms with Gasteiger partial charge in [0.25, 0.3) is 0 Å². The normalized spacial score (nSPS) is 18.8. The molecule has 0 saturated carbocycles. The minimum absolute atomic E-state index is 0.197. The fourth-order valence-corrected chi connectivity index (χ4v) is 7.72. The second-order valence-corrected chi connectivity index (χ2v) is 15.5. The van der Waals surface area contributed by atoms with Crippen molar-refractivity contribution in [2.24, 2.45) is 0 Å². The lowest BCUT2D eigenvalue weighted by molar-refractivity contribution is -0.257. The summed E-state index contributed by atoms with van der Waals surface area (Å²) in [4.78, 5) is 2.49. The Morgan fingerprint density at radius 2 is 0.745 bits per heavy atom. The van der Waals surface area contributed by atoms with E-state index in [1.807, 2.05) is 12.1 Å². The number of rotatable bonds is 28. The Morgan fingerprint density at radius 3 is 1.16 bits per heavy atom. The Balaban J connectivity index is 1.23. The Morgan fingerprint density at radius 1 is 0.400 bits per heavy atom. The summed E-state index contributed by atoms with van der Waals surface area (Å²) in [6.45, 7) is 5.92. The molecule has 1 heterocycles. The zero-order chi connectivity index (χ0) is 38.0. The van der Waals surface area contributed by atoms with Gasteiger partial charge in [-0.25, -0.2) is 0 Å². The van der Waals surface area contributed by atoms with Crippen molar-refractivity contribution >= 4 is 0 Å². The molecule has 0 radical (unpaired) electrons. The zero-order valence-electron chi connectivity index (χ0n) is 33.8. The smallest absolute Gasteiger partial charge is 0.140 e. The molecule has 5 nitrogen and oxygen atoms in total. The van der Waals surface area contributed by atoms with Crippen LogP contribution in [0.4, 0.5) is 0 Å². The quantitative estimate of drug-likeness (QED) is 0.0541. The minimum Gasteiger partial charge on any atom is -0.369 e. The van der Waals surface area contributed by atoms with Crippen LogP contribution >= 0.6 is 0 Å². The molecule has 1 aliphatic heterocycles. The zero-order valence-corrected chi connectivity index (χ0v) is 33.8. The summed E-state index contributed by atoms with van der Waals surface area (Å²) in [7, 11) is 0. The summed E-state index contributed by atoms with van der Waals surface area (Å²) < 4.78 is 27.6. The van der Waals surface area contributed by atoms with Crippen LogP contribution in [0.2, 0.25) is 0 Å². The van der Waals surface area contributed by atoms with Crippen LogP contribution in [0.1, 0.15) is 125 Å². The van der Waals surface area contributed by atoms with Gasteiger partial charge in [0.2, 0.25) is 0 Å². The molecule has 5 rings (SSSR count). The maximum Gasteiger partial charge on any atom is 0.140 e. The first-order chi connectivity index (χ1) is 27.3. The lowest BCUT2D eigenvalue weighted by atomic mass is 9.97. The summed E-state index contributed by atoms with van der Waals surface area (Å²) >= 11 is 0. The predicted octanol–water partition coefficient (Wildman–Crippen LogP) is 12.5. The molecule has 4 aromatic rings. The molecule has 1 fully saturated rings. The number of ether oxygens (including phenoxy) is 4. The molecular weight excluding hydrogens is 679 g/mol. The molecule has 298 valence electrons. The van der Waals surface area contributed by atoms with Gasteiger partial charge in [-0.2, -0.15) is 0 Å². The Labute approximate surface area is 333 Å². The van der Waals surface area contributed by atoms with Gasteiger partial charge in [0.1, 0.15) is 18.4 Å². The first-order valence-electron chi connectivity index (χ1n) is 21.7. The van der Waals surface area contributed by atoms with E-state index in [1.165, 1.54) is 89.9 Å². The van der Waals surface area contributed by atoms with Crippen molar-refractivity contribution in [2.75, 3.05) is 13.1 Å². The van der Waals surface area contributed by atoms with Crippen molar-refractivity contribution < 1.29 is 18.9 Å². The highest BCUT2D eigenvalue weighted by molar-refractivity contribution is 5.16. The molecule has 0 amide bonds. The van der Waals surface area contributed by atoms with Crippen LogP contribution in [0, 0.1) is 0 Å². The molecule has 0 spiro atoms. The van der Waals surface area contributed by atoms with Gasteiger partial charge in [0, 0.05) is 13.1 Å². The van der Waals surface area contributed by atoms with Crippen molar-refractivity contribution in [3.63, 3.8) is 0 Å². The van der Waals surface area contributed by atoms with Crippen molar-refractivity contribution in [1.82, 2.24) is 4.90 Å². The van der Waals surface area contributed by atoms with Gasteiger partial charge in [-0.3, -0.25) is 4.90 Å². The SMILES string of the molecule is CCCCCCCCCCCCCCCCCN1C[C@H](OCc2ccccc2)[C@@H](OCc2ccccc2)[C@H](OCc2ccccc2)[C@H]1OCc1ccccc1. The van der Waals surface area contributed by atoms with Crippen LogP contribution < -0.4 is 0 Å². The van der Waals surface area contributed by atoms with Crippen molar-refractivity contribution in [2.45, 2.75) is 154 Å². The third-order valence-electron chi connectivity index (χ3n) is 10.9. The predicted molar refractivity (Wildman–Crippen MR) is 227 cm³/mol. The van der Waals surface area contributed by atoms with E-state index in [4.69, 9.17) is 18.9 Å². The number of nitrogens with zero attached hydrogens (tertiary/aromatic N) is 1. The van der Waals surface area contributed by atoms with Crippen molar-refractivity contribution in [1.29, 1.82) is 0 Å². The lowest BCUT2D eigenvalue weighted by Crippen LogP contribution is -2.64. The number of benzene rings is 4. The molecule has 0 unspecified atom stereocenters. The monoisotopic (exact) mass is 748 g/mol. The summed E-state index contributed by atoms with van der Waals surface area (Å²) in [5.41, 5.74) is 4.57. The molecule has 0 aliphatic carbocycles. The summed E-state index contributed by atoms with van der Waals surface area (Å²) in [6, 6.07) is 41.8. The maximum atomic E-state index is 6.94. The van der Waals surface area contributed by atoms with Gasteiger partial charge in [-0.15, -0.1) is 0 Å². The second-order valence-electron chi connectivity index (χ2n) is 15.5. The van der Waals surface area contributed by atoms with E-state index in [9.17, 15) is 0 Å². The highest BCUT2D eigenvalue weighted by Gasteiger charge is 2.46. The van der Waals surface area contributed by atoms with E-state index < -0.39 is 0 Å². The van der Waals surface area contributed by atoms with Crippen LogP contribution in [-0.2, 0) is 45.4 Å². The molecule has 1 saturated heterocycles. The summed E-state index contributed by atoms with van der Waals surface area (Å²) in [5.74, 6) is 0. The van der Waals surface area contributed by atoms with Crippen LogP contribution in [0.3, 0.4) is 0 Å². The van der Waals surface area contributed by atoms with E-state index in [0.29, 0.717) is 26.4 Å². The molecule has 0 N–H and O–H groups in total. The number of likely N-dealkylation sites (tertiary alicyclic amines) is 1. The van der Waals surface area contributed by atoms with E-state index in [-0.39, 0.29) is 24.5 Å². The molecular formula is C50H69NO4. The Hall–Kier alpha value is -3.32. The first kappa shape index (κ1) is 42.8. The van der Waals surface area contributed by atoms with Crippen LogP contribution in [0.25, 0.3) is 0 Å². The lowest BCUT2D eigenvalue weighted by Gasteiger charge is -2.48. The summed E-state index contributed by atoms with van der Waals surface area (Å²) in [6.07, 6.45) is 19.2. The van der Waals surface area contributed by atoms with Crippen LogP contribution in [-0.4, -0.2) is 42.5 Å². The van der Waals surface area contributed by atoms with Gasteiger partial charge >= 0.3 is 0 Å². The van der Waals surface area contributed by atoms with Crippen molar-refractivity contribution in [3.8, 4) is 0 Å². The average molecular weight is 748 g/mol. The molecule has 4 atom stereocenters.